The number of amides is 1. The van der Waals surface area contributed by atoms with Crippen LogP contribution in [0.15, 0.2) is 46.4 Å². The van der Waals surface area contributed by atoms with Gasteiger partial charge in [0, 0.05) is 25.9 Å². The van der Waals surface area contributed by atoms with Gasteiger partial charge in [0.2, 0.25) is 0 Å². The first-order chi connectivity index (χ1) is 12.6. The highest BCUT2D eigenvalue weighted by Gasteiger charge is 2.31. The summed E-state index contributed by atoms with van der Waals surface area (Å²) in [6.07, 6.45) is -2.03. The predicted molar refractivity (Wildman–Crippen MR) is 101 cm³/mol. The van der Waals surface area contributed by atoms with Crippen molar-refractivity contribution in [2.24, 2.45) is 4.99 Å². The molecule has 9 heteroatoms. The Morgan fingerprint density at radius 3 is 2.37 bits per heavy atom. The molecule has 0 radical (unpaired) electrons. The smallest absolute Gasteiger partial charge is 0.357 e. The number of halogens is 4. The monoisotopic (exact) mass is 411 g/mol. The van der Waals surface area contributed by atoms with Gasteiger partial charge in [-0.25, -0.2) is 0 Å². The van der Waals surface area contributed by atoms with E-state index < -0.39 is 11.7 Å². The second-order valence-corrected chi connectivity index (χ2v) is 7.30. The number of amidine groups is 1. The van der Waals surface area contributed by atoms with Gasteiger partial charge in [0.1, 0.15) is 0 Å². The first kappa shape index (κ1) is 19.4. The highest BCUT2D eigenvalue weighted by Crippen LogP contribution is 2.34. The van der Waals surface area contributed by atoms with Crippen molar-refractivity contribution in [1.82, 2.24) is 9.88 Å². The average molecular weight is 412 g/mol. The van der Waals surface area contributed by atoms with Crippen LogP contribution in [0.2, 0.25) is 5.02 Å². The summed E-state index contributed by atoms with van der Waals surface area (Å²) >= 11 is 7.25. The summed E-state index contributed by atoms with van der Waals surface area (Å²) in [4.78, 5) is 22.0. The summed E-state index contributed by atoms with van der Waals surface area (Å²) in [6, 6.07) is 7.70. The standard InChI is InChI=1S/C18H13ClF3N3OS/c1-25(2)17-24-16(26)14(27-17)7-10-3-5-11(6-4-10)15-13(19)8-12(9-23-15)18(20,21)22/h3-9H,1-2H3/b14-7+. The van der Waals surface area contributed by atoms with Crippen LogP contribution in [0.25, 0.3) is 17.3 Å². The van der Waals surface area contributed by atoms with Crippen LogP contribution in [0.3, 0.4) is 0 Å². The van der Waals surface area contributed by atoms with Gasteiger partial charge in [-0.05, 0) is 29.5 Å². The maximum atomic E-state index is 12.7. The Labute approximate surface area is 162 Å². The number of carbonyl (C=O) groups is 1. The van der Waals surface area contributed by atoms with E-state index >= 15 is 0 Å². The molecule has 3 rings (SSSR count). The molecular weight excluding hydrogens is 399 g/mol. The molecule has 0 saturated carbocycles. The normalized spacial score (nSPS) is 16.0. The largest absolute Gasteiger partial charge is 0.417 e. The lowest BCUT2D eigenvalue weighted by Crippen LogP contribution is -2.16. The number of rotatable bonds is 2. The van der Waals surface area contributed by atoms with E-state index in [0.717, 1.165) is 17.8 Å². The van der Waals surface area contributed by atoms with Crippen LogP contribution in [-0.2, 0) is 11.0 Å². The molecule has 0 unspecified atom stereocenters. The number of aromatic nitrogens is 1. The predicted octanol–water partition coefficient (Wildman–Crippen LogP) is 4.95. The van der Waals surface area contributed by atoms with Crippen molar-refractivity contribution in [3.63, 3.8) is 0 Å². The van der Waals surface area contributed by atoms with Crippen LogP contribution < -0.4 is 0 Å². The molecule has 0 bridgehead atoms. The third kappa shape index (κ3) is 4.33. The second-order valence-electron chi connectivity index (χ2n) is 5.88. The molecule has 0 saturated heterocycles. The Morgan fingerprint density at radius 2 is 1.85 bits per heavy atom. The van der Waals surface area contributed by atoms with Crippen LogP contribution in [0, 0.1) is 0 Å². The molecule has 1 aromatic heterocycles. The number of alkyl halides is 3. The first-order valence-electron chi connectivity index (χ1n) is 7.68. The van der Waals surface area contributed by atoms with Crippen LogP contribution in [0.5, 0.6) is 0 Å². The summed E-state index contributed by atoms with van der Waals surface area (Å²) in [7, 11) is 3.61. The number of benzene rings is 1. The molecule has 4 nitrogen and oxygen atoms in total. The summed E-state index contributed by atoms with van der Waals surface area (Å²) in [5.74, 6) is -0.305. The summed E-state index contributed by atoms with van der Waals surface area (Å²) < 4.78 is 38.1. The van der Waals surface area contributed by atoms with Gasteiger partial charge in [-0.2, -0.15) is 18.2 Å². The summed E-state index contributed by atoms with van der Waals surface area (Å²) in [5.41, 5.74) is 0.693. The average Bonchev–Trinajstić information content (AvgIpc) is 2.96. The van der Waals surface area contributed by atoms with Gasteiger partial charge in [-0.1, -0.05) is 35.9 Å². The highest BCUT2D eigenvalue weighted by atomic mass is 35.5. The van der Waals surface area contributed by atoms with E-state index in [4.69, 9.17) is 11.6 Å². The van der Waals surface area contributed by atoms with Crippen LogP contribution in [-0.4, -0.2) is 35.1 Å². The zero-order valence-electron chi connectivity index (χ0n) is 14.2. The molecule has 0 atom stereocenters. The first-order valence-corrected chi connectivity index (χ1v) is 8.87. The lowest BCUT2D eigenvalue weighted by Gasteiger charge is -2.09. The minimum atomic E-state index is -4.50. The number of pyridine rings is 1. The molecule has 27 heavy (non-hydrogen) atoms. The lowest BCUT2D eigenvalue weighted by atomic mass is 10.1. The number of thioether (sulfide) groups is 1. The Hall–Kier alpha value is -2.32. The van der Waals surface area contributed by atoms with E-state index in [1.54, 1.807) is 49.3 Å². The molecule has 0 N–H and O–H groups in total. The Balaban J connectivity index is 1.83. The highest BCUT2D eigenvalue weighted by molar-refractivity contribution is 8.18. The summed E-state index contributed by atoms with van der Waals surface area (Å²) in [5, 5.41) is 0.532. The molecule has 1 amide bonds. The molecule has 1 aromatic carbocycles. The van der Waals surface area contributed by atoms with Crippen LogP contribution in [0.4, 0.5) is 13.2 Å². The maximum Gasteiger partial charge on any atom is 0.417 e. The molecule has 140 valence electrons. The lowest BCUT2D eigenvalue weighted by molar-refractivity contribution is -0.137. The van der Waals surface area contributed by atoms with Crippen LogP contribution >= 0.6 is 23.4 Å². The zero-order valence-corrected chi connectivity index (χ0v) is 15.8. The van der Waals surface area contributed by atoms with Crippen molar-refractivity contribution < 1.29 is 18.0 Å². The maximum absolute atomic E-state index is 12.7. The number of nitrogens with zero attached hydrogens (tertiary/aromatic N) is 3. The Kier molecular flexibility index (Phi) is 5.30. The van der Waals surface area contributed by atoms with Crippen molar-refractivity contribution in [1.29, 1.82) is 0 Å². The van der Waals surface area contributed by atoms with Crippen molar-refractivity contribution in [2.75, 3.05) is 14.1 Å². The van der Waals surface area contributed by atoms with E-state index in [1.807, 2.05) is 0 Å². The van der Waals surface area contributed by atoms with E-state index in [2.05, 4.69) is 9.98 Å². The number of carbonyl (C=O) groups excluding carboxylic acids is 1. The van der Waals surface area contributed by atoms with E-state index in [0.29, 0.717) is 15.6 Å². The molecule has 1 aliphatic heterocycles. The molecule has 0 aliphatic carbocycles. The fourth-order valence-electron chi connectivity index (χ4n) is 2.28. The van der Waals surface area contributed by atoms with Gasteiger partial charge >= 0.3 is 6.18 Å². The molecule has 2 heterocycles. The van der Waals surface area contributed by atoms with Crippen molar-refractivity contribution in [3.05, 3.63) is 57.6 Å². The van der Waals surface area contributed by atoms with Gasteiger partial charge in [0.05, 0.1) is 21.2 Å². The SMILES string of the molecule is CN(C)C1=NC(=O)/C(=C\c2ccc(-c3ncc(C(F)(F)F)cc3Cl)cc2)S1. The molecular formula is C18H13ClF3N3OS. The van der Waals surface area contributed by atoms with E-state index in [9.17, 15) is 18.0 Å². The number of hydrogen-bond acceptors (Lipinski definition) is 4. The molecule has 2 aromatic rings. The van der Waals surface area contributed by atoms with Gasteiger partial charge in [0.15, 0.2) is 5.17 Å². The van der Waals surface area contributed by atoms with Crippen molar-refractivity contribution in [2.45, 2.75) is 6.18 Å². The number of aliphatic imine (C=N–C) groups is 1. The van der Waals surface area contributed by atoms with Crippen LogP contribution in [0.1, 0.15) is 11.1 Å². The third-order valence-corrected chi connectivity index (χ3v) is 5.08. The minimum Gasteiger partial charge on any atom is -0.357 e. The fraction of sp³-hybridized carbons (Fsp3) is 0.167. The van der Waals surface area contributed by atoms with Gasteiger partial charge in [-0.3, -0.25) is 9.78 Å². The Morgan fingerprint density at radius 1 is 1.19 bits per heavy atom. The number of hydrogen-bond donors (Lipinski definition) is 0. The van der Waals surface area contributed by atoms with Gasteiger partial charge in [-0.15, -0.1) is 0 Å². The Bertz CT molecular complexity index is 953. The van der Waals surface area contributed by atoms with E-state index in [1.165, 1.54) is 11.8 Å². The topological polar surface area (TPSA) is 45.6 Å². The minimum absolute atomic E-state index is 0.0820. The molecule has 1 aliphatic rings. The second kappa shape index (κ2) is 7.36. The van der Waals surface area contributed by atoms with E-state index in [-0.39, 0.29) is 16.6 Å². The molecule has 0 spiro atoms. The van der Waals surface area contributed by atoms with Crippen molar-refractivity contribution >= 4 is 40.5 Å². The zero-order chi connectivity index (χ0) is 19.8. The third-order valence-electron chi connectivity index (χ3n) is 3.64. The van der Waals surface area contributed by atoms with Crippen molar-refractivity contribution in [3.8, 4) is 11.3 Å². The molecule has 0 fully saturated rings. The quantitative estimate of drug-likeness (QED) is 0.656. The van der Waals surface area contributed by atoms with Gasteiger partial charge < -0.3 is 4.90 Å². The fourth-order valence-corrected chi connectivity index (χ4v) is 3.39. The van der Waals surface area contributed by atoms with Gasteiger partial charge in [0.25, 0.3) is 5.91 Å². The summed E-state index contributed by atoms with van der Waals surface area (Å²) in [6.45, 7) is 0.